The number of hydrogen-bond donors (Lipinski definition) is 1. The molecule has 0 saturated heterocycles. The van der Waals surface area contributed by atoms with Crippen molar-refractivity contribution in [3.63, 3.8) is 0 Å². The van der Waals surface area contributed by atoms with E-state index in [2.05, 4.69) is 45.8 Å². The number of nitrogens with zero attached hydrogens (tertiary/aromatic N) is 3. The lowest BCUT2D eigenvalue weighted by Crippen LogP contribution is -2.12. The lowest BCUT2D eigenvalue weighted by Gasteiger charge is -2.14. The highest BCUT2D eigenvalue weighted by Crippen LogP contribution is 2.43. The van der Waals surface area contributed by atoms with Crippen LogP contribution in [0.25, 0.3) is 0 Å². The summed E-state index contributed by atoms with van der Waals surface area (Å²) in [6.07, 6.45) is 3.52. The molecule has 1 aliphatic carbocycles. The zero-order chi connectivity index (χ0) is 14.1. The number of thiazole rings is 1. The number of nitrogens with one attached hydrogen (secondary N) is 1. The summed E-state index contributed by atoms with van der Waals surface area (Å²) in [5.41, 5.74) is 1.11. The van der Waals surface area contributed by atoms with Gasteiger partial charge in [0.05, 0.1) is 6.04 Å². The van der Waals surface area contributed by atoms with Gasteiger partial charge in [0, 0.05) is 29.0 Å². The van der Waals surface area contributed by atoms with Crippen molar-refractivity contribution in [2.45, 2.75) is 46.1 Å². The largest absolute Gasteiger partial charge is 0.351 e. The second-order valence-electron chi connectivity index (χ2n) is 5.90. The molecule has 2 heterocycles. The van der Waals surface area contributed by atoms with Crippen LogP contribution in [0.2, 0.25) is 0 Å². The van der Waals surface area contributed by atoms with Crippen LogP contribution in [-0.4, -0.2) is 14.3 Å². The van der Waals surface area contributed by atoms with Gasteiger partial charge < -0.3 is 5.32 Å². The van der Waals surface area contributed by atoms with Gasteiger partial charge in [-0.05, 0) is 31.6 Å². The number of rotatable bonds is 6. The predicted molar refractivity (Wildman–Crippen MR) is 84.4 cm³/mol. The van der Waals surface area contributed by atoms with Gasteiger partial charge in [-0.25, -0.2) is 9.97 Å². The minimum Gasteiger partial charge on any atom is -0.351 e. The zero-order valence-corrected chi connectivity index (χ0v) is 13.7. The molecule has 2 aromatic heterocycles. The van der Waals surface area contributed by atoms with E-state index in [4.69, 9.17) is 0 Å². The molecule has 4 nitrogen and oxygen atoms in total. The Hall–Kier alpha value is -1.01. The normalized spacial score (nSPS) is 16.6. The average Bonchev–Trinajstić information content (AvgIpc) is 2.99. The van der Waals surface area contributed by atoms with Crippen LogP contribution < -0.4 is 5.32 Å². The first kappa shape index (κ1) is 13.9. The molecule has 0 radical (unpaired) electrons. The summed E-state index contributed by atoms with van der Waals surface area (Å²) in [5, 5.41) is 7.80. The molecule has 0 aromatic carbocycles. The van der Waals surface area contributed by atoms with Gasteiger partial charge in [0.15, 0.2) is 0 Å². The van der Waals surface area contributed by atoms with Crippen LogP contribution in [0, 0.1) is 18.8 Å². The van der Waals surface area contributed by atoms with E-state index in [1.54, 1.807) is 11.3 Å². The maximum Gasteiger partial charge on any atom is 0.203 e. The van der Waals surface area contributed by atoms with Gasteiger partial charge in [0.2, 0.25) is 5.13 Å². The topological polar surface area (TPSA) is 50.7 Å². The maximum atomic E-state index is 4.64. The first-order valence-corrected chi connectivity index (χ1v) is 8.78. The van der Waals surface area contributed by atoms with Gasteiger partial charge in [-0.1, -0.05) is 13.8 Å². The number of anilines is 1. The lowest BCUT2D eigenvalue weighted by molar-refractivity contribution is 0.626. The van der Waals surface area contributed by atoms with E-state index >= 15 is 0 Å². The summed E-state index contributed by atoms with van der Waals surface area (Å²) in [6.45, 7) is 6.44. The smallest absolute Gasteiger partial charge is 0.203 e. The second-order valence-corrected chi connectivity index (χ2v) is 7.54. The van der Waals surface area contributed by atoms with Crippen LogP contribution in [-0.2, 0) is 6.42 Å². The van der Waals surface area contributed by atoms with Crippen molar-refractivity contribution in [1.29, 1.82) is 0 Å². The number of aryl methyl sites for hydroxylation is 1. The predicted octanol–water partition coefficient (Wildman–Crippen LogP) is 4.06. The molecule has 20 heavy (non-hydrogen) atoms. The van der Waals surface area contributed by atoms with Gasteiger partial charge in [-0.15, -0.1) is 11.3 Å². The second kappa shape index (κ2) is 5.77. The summed E-state index contributed by atoms with van der Waals surface area (Å²) in [4.78, 5) is 9.24. The average molecular weight is 308 g/mol. The van der Waals surface area contributed by atoms with Gasteiger partial charge in [0.25, 0.3) is 0 Å². The van der Waals surface area contributed by atoms with Crippen molar-refractivity contribution < 1.29 is 0 Å². The van der Waals surface area contributed by atoms with Gasteiger partial charge >= 0.3 is 0 Å². The Balaban J connectivity index is 1.72. The fraction of sp³-hybridized carbons (Fsp3) is 0.643. The first-order valence-electron chi connectivity index (χ1n) is 7.13. The van der Waals surface area contributed by atoms with E-state index in [1.807, 2.05) is 0 Å². The van der Waals surface area contributed by atoms with Crippen molar-refractivity contribution >= 4 is 28.0 Å². The van der Waals surface area contributed by atoms with E-state index in [0.717, 1.165) is 23.1 Å². The van der Waals surface area contributed by atoms with Crippen LogP contribution >= 0.6 is 22.9 Å². The van der Waals surface area contributed by atoms with Crippen molar-refractivity contribution in [3.05, 3.63) is 21.9 Å². The molecule has 1 aliphatic rings. The number of aromatic nitrogens is 3. The van der Waals surface area contributed by atoms with E-state index in [9.17, 15) is 0 Å². The van der Waals surface area contributed by atoms with Crippen LogP contribution in [0.4, 0.5) is 5.13 Å². The molecule has 108 valence electrons. The van der Waals surface area contributed by atoms with Gasteiger partial charge in [-0.2, -0.15) is 4.37 Å². The molecule has 2 aromatic rings. The third-order valence-corrected chi connectivity index (χ3v) is 5.06. The highest BCUT2D eigenvalue weighted by atomic mass is 32.1. The van der Waals surface area contributed by atoms with Crippen LogP contribution in [0.1, 0.15) is 49.3 Å². The van der Waals surface area contributed by atoms with Crippen molar-refractivity contribution in [3.8, 4) is 0 Å². The molecule has 1 unspecified atom stereocenters. The zero-order valence-electron chi connectivity index (χ0n) is 12.1. The minimum atomic E-state index is 0.313. The summed E-state index contributed by atoms with van der Waals surface area (Å²) in [7, 11) is 0. The Labute approximate surface area is 127 Å². The molecule has 0 aliphatic heterocycles. The summed E-state index contributed by atoms with van der Waals surface area (Å²) in [5.74, 6) is 2.26. The molecule has 0 bridgehead atoms. The molecule has 1 atom stereocenters. The monoisotopic (exact) mass is 308 g/mol. The van der Waals surface area contributed by atoms with Crippen LogP contribution in [0.5, 0.6) is 0 Å². The van der Waals surface area contributed by atoms with E-state index in [1.165, 1.54) is 29.4 Å². The van der Waals surface area contributed by atoms with Gasteiger partial charge in [-0.3, -0.25) is 0 Å². The van der Waals surface area contributed by atoms with Crippen LogP contribution in [0.15, 0.2) is 5.38 Å². The van der Waals surface area contributed by atoms with Gasteiger partial charge in [0.1, 0.15) is 10.8 Å². The standard InChI is InChI=1S/C14H20N4S2/c1-8(2)6-11-16-14(20-18-11)17-12(10-4-5-10)13-15-9(3)7-19-13/h7-8,10,12H,4-6H2,1-3H3,(H,16,17,18). The Bertz CT molecular complexity index is 571. The Morgan fingerprint density at radius 2 is 2.15 bits per heavy atom. The lowest BCUT2D eigenvalue weighted by atomic mass is 10.1. The third kappa shape index (κ3) is 3.35. The fourth-order valence-corrected chi connectivity index (χ4v) is 3.79. The van der Waals surface area contributed by atoms with Crippen molar-refractivity contribution in [1.82, 2.24) is 14.3 Å². The molecule has 0 amide bonds. The van der Waals surface area contributed by atoms with Crippen molar-refractivity contribution in [2.75, 3.05) is 5.32 Å². The highest BCUT2D eigenvalue weighted by molar-refractivity contribution is 7.10. The molecule has 6 heteroatoms. The molecular formula is C14H20N4S2. The number of hydrogen-bond acceptors (Lipinski definition) is 6. The maximum absolute atomic E-state index is 4.64. The summed E-state index contributed by atoms with van der Waals surface area (Å²) < 4.78 is 4.44. The Morgan fingerprint density at radius 3 is 2.75 bits per heavy atom. The SMILES string of the molecule is Cc1csc(C(Nc2nc(CC(C)C)ns2)C2CC2)n1. The Morgan fingerprint density at radius 1 is 1.35 bits per heavy atom. The summed E-state index contributed by atoms with van der Waals surface area (Å²) in [6, 6.07) is 0.313. The molecule has 0 spiro atoms. The molecule has 1 saturated carbocycles. The fourth-order valence-electron chi connectivity index (χ4n) is 2.22. The minimum absolute atomic E-state index is 0.313. The quantitative estimate of drug-likeness (QED) is 0.874. The first-order chi connectivity index (χ1) is 9.61. The highest BCUT2D eigenvalue weighted by Gasteiger charge is 2.34. The molecular weight excluding hydrogens is 288 g/mol. The van der Waals surface area contributed by atoms with E-state index in [-0.39, 0.29) is 0 Å². The Kier molecular flexibility index (Phi) is 4.03. The molecule has 1 N–H and O–H groups in total. The van der Waals surface area contributed by atoms with Crippen LogP contribution in [0.3, 0.4) is 0 Å². The molecule has 1 fully saturated rings. The van der Waals surface area contributed by atoms with E-state index < -0.39 is 0 Å². The van der Waals surface area contributed by atoms with E-state index in [0.29, 0.717) is 17.9 Å². The molecule has 3 rings (SSSR count). The summed E-state index contributed by atoms with van der Waals surface area (Å²) >= 11 is 3.22. The third-order valence-electron chi connectivity index (χ3n) is 3.33. The van der Waals surface area contributed by atoms with Crippen molar-refractivity contribution in [2.24, 2.45) is 11.8 Å².